The highest BCUT2D eigenvalue weighted by atomic mass is 35.5. The molecule has 130 valence electrons. The highest BCUT2D eigenvalue weighted by molar-refractivity contribution is 5.85. The average Bonchev–Trinajstić information content (AvgIpc) is 3.25. The molecule has 4 unspecified atom stereocenters. The van der Waals surface area contributed by atoms with Crippen LogP contribution in [0.1, 0.15) is 86.4 Å². The fourth-order valence-electron chi connectivity index (χ4n) is 4.09. The first-order chi connectivity index (χ1) is 11.1. The lowest BCUT2D eigenvalue weighted by atomic mass is 9.99. The Bertz CT molecular complexity index is 734. The van der Waals surface area contributed by atoms with E-state index in [1.807, 2.05) is 0 Å². The summed E-state index contributed by atoms with van der Waals surface area (Å²) in [5.41, 5.74) is 6.04. The van der Waals surface area contributed by atoms with Crippen molar-refractivity contribution in [3.63, 3.8) is 0 Å². The van der Waals surface area contributed by atoms with Gasteiger partial charge in [-0.25, -0.2) is 0 Å². The van der Waals surface area contributed by atoms with Gasteiger partial charge in [0.2, 0.25) is 5.89 Å². The fraction of sp³-hybridized carbons (Fsp3) is 0.667. The smallest absolute Gasteiger partial charge is 0.230 e. The fourth-order valence-corrected chi connectivity index (χ4v) is 4.09. The van der Waals surface area contributed by atoms with Crippen molar-refractivity contribution in [2.45, 2.75) is 68.7 Å². The van der Waals surface area contributed by atoms with Crippen molar-refractivity contribution in [2.75, 3.05) is 0 Å². The zero-order valence-corrected chi connectivity index (χ0v) is 14.7. The van der Waals surface area contributed by atoms with Crippen LogP contribution in [0.5, 0.6) is 0 Å². The van der Waals surface area contributed by atoms with Gasteiger partial charge in [-0.05, 0) is 43.7 Å². The monoisotopic (exact) mass is 349 g/mol. The molecule has 24 heavy (non-hydrogen) atoms. The Balaban J connectivity index is 0.00000146. The summed E-state index contributed by atoms with van der Waals surface area (Å²) >= 11 is 0. The van der Waals surface area contributed by atoms with Gasteiger partial charge in [-0.2, -0.15) is 4.98 Å². The van der Waals surface area contributed by atoms with E-state index in [0.29, 0.717) is 23.6 Å². The van der Waals surface area contributed by atoms with E-state index < -0.39 is 0 Å². The van der Waals surface area contributed by atoms with Crippen molar-refractivity contribution in [2.24, 2.45) is 11.7 Å². The van der Waals surface area contributed by atoms with Crippen molar-refractivity contribution < 1.29 is 8.94 Å². The van der Waals surface area contributed by atoms with Gasteiger partial charge in [0.25, 0.3) is 0 Å². The largest absolute Gasteiger partial charge is 0.465 e. The molecule has 0 aromatic carbocycles. The molecule has 6 heteroatoms. The molecule has 3 aliphatic rings. The Morgan fingerprint density at radius 1 is 1.08 bits per heavy atom. The molecule has 0 saturated heterocycles. The molecule has 4 atom stereocenters. The summed E-state index contributed by atoms with van der Waals surface area (Å²) in [6.07, 6.45) is 6.52. The summed E-state index contributed by atoms with van der Waals surface area (Å²) in [5, 5.41) is 4.17. The first-order valence-corrected chi connectivity index (χ1v) is 8.87. The Kier molecular flexibility index (Phi) is 3.77. The lowest BCUT2D eigenvalue weighted by Crippen LogP contribution is -2.34. The van der Waals surface area contributed by atoms with Crippen LogP contribution in [0, 0.1) is 5.92 Å². The van der Waals surface area contributed by atoms with Crippen LogP contribution in [0.3, 0.4) is 0 Å². The van der Waals surface area contributed by atoms with Crippen LogP contribution in [0.15, 0.2) is 21.1 Å². The molecule has 2 aromatic heterocycles. The van der Waals surface area contributed by atoms with E-state index in [1.165, 1.54) is 6.42 Å². The number of furan rings is 1. The molecule has 0 radical (unpaired) electrons. The second kappa shape index (κ2) is 5.60. The first-order valence-electron chi connectivity index (χ1n) is 8.87. The van der Waals surface area contributed by atoms with Crippen LogP contribution in [0.25, 0.3) is 0 Å². The van der Waals surface area contributed by atoms with Crippen molar-refractivity contribution in [3.8, 4) is 0 Å². The minimum atomic E-state index is -0.369. The second-order valence-corrected chi connectivity index (χ2v) is 7.83. The van der Waals surface area contributed by atoms with E-state index in [4.69, 9.17) is 14.7 Å². The summed E-state index contributed by atoms with van der Waals surface area (Å²) in [4.78, 5) is 4.62. The van der Waals surface area contributed by atoms with Crippen LogP contribution in [-0.2, 0) is 5.54 Å². The van der Waals surface area contributed by atoms with Crippen molar-refractivity contribution in [1.29, 1.82) is 0 Å². The van der Waals surface area contributed by atoms with Gasteiger partial charge in [-0.15, -0.1) is 12.4 Å². The molecular formula is C18H24ClN3O2. The zero-order valence-electron chi connectivity index (χ0n) is 13.9. The molecule has 3 aliphatic carbocycles. The molecule has 5 nitrogen and oxygen atoms in total. The molecule has 3 saturated carbocycles. The third kappa shape index (κ3) is 2.58. The highest BCUT2D eigenvalue weighted by Gasteiger charge is 2.47. The summed E-state index contributed by atoms with van der Waals surface area (Å²) in [6.45, 7) is 2.28. The van der Waals surface area contributed by atoms with Gasteiger partial charge in [0.1, 0.15) is 11.5 Å². The second-order valence-electron chi connectivity index (χ2n) is 7.83. The van der Waals surface area contributed by atoms with E-state index in [-0.39, 0.29) is 17.9 Å². The predicted molar refractivity (Wildman–Crippen MR) is 91.2 cm³/mol. The number of aromatic nitrogens is 2. The molecule has 2 N–H and O–H groups in total. The summed E-state index contributed by atoms with van der Waals surface area (Å²) in [5.74, 6) is 5.76. The number of hydrogen-bond donors (Lipinski definition) is 1. The summed E-state index contributed by atoms with van der Waals surface area (Å²) in [7, 11) is 0. The van der Waals surface area contributed by atoms with Gasteiger partial charge in [0.05, 0.1) is 5.54 Å². The number of rotatable bonds is 4. The molecule has 3 fully saturated rings. The van der Waals surface area contributed by atoms with Crippen molar-refractivity contribution >= 4 is 12.4 Å². The topological polar surface area (TPSA) is 78.1 Å². The molecule has 0 bridgehead atoms. The molecule has 0 aliphatic heterocycles. The Labute approximate surface area is 147 Å². The number of nitrogens with zero attached hydrogens (tertiary/aromatic N) is 2. The SMILES string of the molecule is CC1CC1c1ccc(C2CC2c2nc(C3(N)CCCC3)no2)o1.Cl. The lowest BCUT2D eigenvalue weighted by Gasteiger charge is -2.17. The van der Waals surface area contributed by atoms with Crippen LogP contribution in [0.4, 0.5) is 0 Å². The maximum Gasteiger partial charge on any atom is 0.230 e. The van der Waals surface area contributed by atoms with Gasteiger partial charge in [-0.3, -0.25) is 0 Å². The van der Waals surface area contributed by atoms with Crippen molar-refractivity contribution in [3.05, 3.63) is 35.4 Å². The molecule has 2 heterocycles. The van der Waals surface area contributed by atoms with Crippen LogP contribution < -0.4 is 5.73 Å². The van der Waals surface area contributed by atoms with Crippen LogP contribution >= 0.6 is 12.4 Å². The number of nitrogens with two attached hydrogens (primary N) is 1. The van der Waals surface area contributed by atoms with Gasteiger partial charge in [-0.1, -0.05) is 24.9 Å². The van der Waals surface area contributed by atoms with Crippen molar-refractivity contribution in [1.82, 2.24) is 10.1 Å². The average molecular weight is 350 g/mol. The molecule has 2 aromatic rings. The maximum absolute atomic E-state index is 6.41. The van der Waals surface area contributed by atoms with Gasteiger partial charge >= 0.3 is 0 Å². The third-order valence-corrected chi connectivity index (χ3v) is 5.98. The van der Waals surface area contributed by atoms with E-state index in [9.17, 15) is 0 Å². The van der Waals surface area contributed by atoms with Gasteiger partial charge < -0.3 is 14.7 Å². The zero-order chi connectivity index (χ0) is 15.6. The molecule has 5 rings (SSSR count). The van der Waals surface area contributed by atoms with E-state index in [2.05, 4.69) is 29.2 Å². The highest BCUT2D eigenvalue weighted by Crippen LogP contribution is 2.56. The summed E-state index contributed by atoms with van der Waals surface area (Å²) in [6, 6.07) is 4.27. The standard InChI is InChI=1S/C18H23N3O2.ClH/c1-10-8-11(10)14-4-5-15(22-14)12-9-13(12)16-20-17(21-23-16)18(19)6-2-3-7-18;/h4-5,10-13H,2-3,6-9,19H2,1H3;1H. The molecule has 0 spiro atoms. The summed E-state index contributed by atoms with van der Waals surface area (Å²) < 4.78 is 11.6. The normalized spacial score (nSPS) is 33.2. The first kappa shape index (κ1) is 16.2. The third-order valence-electron chi connectivity index (χ3n) is 5.98. The number of hydrogen-bond acceptors (Lipinski definition) is 5. The van der Waals surface area contributed by atoms with Crippen LogP contribution in [0.2, 0.25) is 0 Å². The van der Waals surface area contributed by atoms with Gasteiger partial charge in [0.15, 0.2) is 5.82 Å². The predicted octanol–water partition coefficient (Wildman–Crippen LogP) is 4.21. The molecule has 0 amide bonds. The quantitative estimate of drug-likeness (QED) is 0.894. The van der Waals surface area contributed by atoms with Gasteiger partial charge in [0, 0.05) is 17.8 Å². The van der Waals surface area contributed by atoms with Crippen LogP contribution in [-0.4, -0.2) is 10.1 Å². The minimum absolute atomic E-state index is 0. The Morgan fingerprint density at radius 3 is 2.42 bits per heavy atom. The van der Waals surface area contributed by atoms with E-state index in [0.717, 1.165) is 55.4 Å². The Hall–Kier alpha value is -1.33. The maximum atomic E-state index is 6.41. The number of halogens is 1. The lowest BCUT2D eigenvalue weighted by molar-refractivity contribution is 0.347. The van der Waals surface area contributed by atoms with E-state index >= 15 is 0 Å². The molecular weight excluding hydrogens is 326 g/mol. The minimum Gasteiger partial charge on any atom is -0.465 e. The van der Waals surface area contributed by atoms with E-state index in [1.54, 1.807) is 0 Å². The Morgan fingerprint density at radius 2 is 1.75 bits per heavy atom.